The maximum Gasteiger partial charge on any atom is 0.267 e. The van der Waals surface area contributed by atoms with Crippen LogP contribution in [0.1, 0.15) is 39.4 Å². The van der Waals surface area contributed by atoms with Crippen molar-refractivity contribution in [1.82, 2.24) is 20.7 Å². The largest absolute Gasteiger partial charge is 0.497 e. The Morgan fingerprint density at radius 1 is 1.15 bits per heavy atom. The Morgan fingerprint density at radius 3 is 2.51 bits per heavy atom. The fourth-order valence-corrected chi connectivity index (χ4v) is 4.87. The number of methoxy groups -OCH3 is 1. The molecule has 2 heterocycles. The predicted octanol–water partition coefficient (Wildman–Crippen LogP) is 2.55. The number of aliphatic hydroxyl groups excluding tert-OH is 1. The number of rotatable bonds is 10. The molecule has 0 spiro atoms. The molecule has 0 radical (unpaired) electrons. The molecule has 0 saturated carbocycles. The van der Waals surface area contributed by atoms with Crippen LogP contribution in [0, 0.1) is 13.8 Å². The highest BCUT2D eigenvalue weighted by atomic mass is 19.3. The molecule has 2 aromatic carbocycles. The number of hydrogen-bond acceptors (Lipinski definition) is 7. The summed E-state index contributed by atoms with van der Waals surface area (Å²) < 4.78 is 39.3. The second-order valence-corrected chi connectivity index (χ2v) is 10.0. The highest BCUT2D eigenvalue weighted by molar-refractivity contribution is 5.97. The molecule has 1 aliphatic rings. The third kappa shape index (κ3) is 7.07. The van der Waals surface area contributed by atoms with E-state index in [0.29, 0.717) is 27.5 Å². The van der Waals surface area contributed by atoms with Crippen LogP contribution in [-0.4, -0.2) is 70.6 Å². The maximum atomic E-state index is 14.6. The van der Waals surface area contributed by atoms with Gasteiger partial charge in [0.2, 0.25) is 5.91 Å². The zero-order chi connectivity index (χ0) is 29.7. The Bertz CT molecular complexity index is 1380. The van der Waals surface area contributed by atoms with Crippen molar-refractivity contribution in [2.24, 2.45) is 0 Å². The molecule has 4 rings (SSSR count). The van der Waals surface area contributed by atoms with E-state index in [0.717, 1.165) is 0 Å². The van der Waals surface area contributed by atoms with Crippen LogP contribution in [0.4, 0.5) is 8.78 Å². The molecule has 1 aliphatic heterocycles. The Morgan fingerprint density at radius 2 is 1.85 bits per heavy atom. The lowest BCUT2D eigenvalue weighted by Crippen LogP contribution is -2.56. The number of aromatic nitrogens is 1. The second-order valence-electron chi connectivity index (χ2n) is 10.0. The van der Waals surface area contributed by atoms with E-state index in [4.69, 9.17) is 9.26 Å². The van der Waals surface area contributed by atoms with E-state index in [1.54, 1.807) is 68.4 Å². The molecule has 3 aromatic rings. The number of benzene rings is 2. The van der Waals surface area contributed by atoms with Crippen molar-refractivity contribution in [3.8, 4) is 5.75 Å². The lowest BCUT2D eigenvalue weighted by atomic mass is 9.99. The molecule has 1 aromatic heterocycles. The quantitative estimate of drug-likeness (QED) is 0.341. The normalized spacial score (nSPS) is 17.5. The summed E-state index contributed by atoms with van der Waals surface area (Å²) >= 11 is 0. The number of aryl methyl sites for hydroxylation is 2. The van der Waals surface area contributed by atoms with Gasteiger partial charge in [0.15, 0.2) is 6.10 Å². The minimum absolute atomic E-state index is 0.0137. The first-order valence-electron chi connectivity index (χ1n) is 13.0. The standard InChI is InChI=1S/C29H32F2N4O6/c1-17-24(18(2)41-34-17)27(38)33-22(13-19-8-5-4-6-9-19)25(36)28(39)35-16-29(30,31)14-23(35)26(37)32-15-20-10-7-11-21(12-20)40-3/h4-12,22-23,25,36H,13-16H2,1-3H3,(H,32,37)(H,33,38). The van der Waals surface area contributed by atoms with Gasteiger partial charge in [-0.1, -0.05) is 47.6 Å². The molecule has 218 valence electrons. The first-order chi connectivity index (χ1) is 19.5. The van der Waals surface area contributed by atoms with Gasteiger partial charge < -0.3 is 29.9 Å². The van der Waals surface area contributed by atoms with E-state index in [1.165, 1.54) is 7.11 Å². The van der Waals surface area contributed by atoms with Gasteiger partial charge >= 0.3 is 0 Å². The van der Waals surface area contributed by atoms with Gasteiger partial charge in [0, 0.05) is 13.0 Å². The number of carbonyl (C=O) groups is 3. The van der Waals surface area contributed by atoms with E-state index in [9.17, 15) is 28.3 Å². The monoisotopic (exact) mass is 570 g/mol. The van der Waals surface area contributed by atoms with Gasteiger partial charge in [0.1, 0.15) is 23.1 Å². The summed E-state index contributed by atoms with van der Waals surface area (Å²) in [5.74, 6) is -5.07. The number of halogens is 2. The van der Waals surface area contributed by atoms with Crippen molar-refractivity contribution in [3.05, 3.63) is 82.7 Å². The van der Waals surface area contributed by atoms with Crippen molar-refractivity contribution in [2.75, 3.05) is 13.7 Å². The molecule has 10 nitrogen and oxygen atoms in total. The molecule has 3 N–H and O–H groups in total. The van der Waals surface area contributed by atoms with Gasteiger partial charge in [-0.25, -0.2) is 8.78 Å². The SMILES string of the molecule is COc1cccc(CNC(=O)C2CC(F)(F)CN2C(=O)C(O)C(Cc2ccccc2)NC(=O)c2c(C)noc2C)c1. The summed E-state index contributed by atoms with van der Waals surface area (Å²) in [5, 5.41) is 20.2. The lowest BCUT2D eigenvalue weighted by Gasteiger charge is -2.30. The van der Waals surface area contributed by atoms with Crippen LogP contribution in [0.15, 0.2) is 59.1 Å². The zero-order valence-electron chi connectivity index (χ0n) is 22.9. The van der Waals surface area contributed by atoms with Crippen molar-refractivity contribution < 1.29 is 37.5 Å². The van der Waals surface area contributed by atoms with Crippen molar-refractivity contribution in [2.45, 2.75) is 57.3 Å². The van der Waals surface area contributed by atoms with Gasteiger partial charge in [-0.05, 0) is 43.5 Å². The topological polar surface area (TPSA) is 134 Å². The van der Waals surface area contributed by atoms with E-state index in [2.05, 4.69) is 15.8 Å². The third-order valence-corrected chi connectivity index (χ3v) is 6.97. The molecule has 1 saturated heterocycles. The van der Waals surface area contributed by atoms with Gasteiger partial charge in [0.25, 0.3) is 17.7 Å². The minimum Gasteiger partial charge on any atom is -0.497 e. The number of alkyl halides is 2. The van der Waals surface area contributed by atoms with Crippen molar-refractivity contribution in [3.63, 3.8) is 0 Å². The van der Waals surface area contributed by atoms with Crippen LogP contribution in [0.25, 0.3) is 0 Å². The van der Waals surface area contributed by atoms with E-state index < -0.39 is 54.8 Å². The molecule has 3 atom stereocenters. The number of hydrogen-bond donors (Lipinski definition) is 3. The number of likely N-dealkylation sites (tertiary alicyclic amines) is 1. The molecule has 3 unspecified atom stereocenters. The highest BCUT2D eigenvalue weighted by Crippen LogP contribution is 2.33. The Balaban J connectivity index is 1.53. The minimum atomic E-state index is -3.35. The average molecular weight is 571 g/mol. The third-order valence-electron chi connectivity index (χ3n) is 6.97. The Labute approximate surface area is 235 Å². The smallest absolute Gasteiger partial charge is 0.267 e. The van der Waals surface area contributed by atoms with Crippen LogP contribution in [0.5, 0.6) is 5.75 Å². The fourth-order valence-electron chi connectivity index (χ4n) is 4.87. The summed E-state index contributed by atoms with van der Waals surface area (Å²) in [6, 6.07) is 12.9. The van der Waals surface area contributed by atoms with E-state index in [-0.39, 0.29) is 24.3 Å². The van der Waals surface area contributed by atoms with Gasteiger partial charge in [0.05, 0.1) is 25.4 Å². The Hall–Kier alpha value is -4.32. The summed E-state index contributed by atoms with van der Waals surface area (Å²) in [5.41, 5.74) is 1.81. The zero-order valence-corrected chi connectivity index (χ0v) is 22.9. The number of nitrogens with zero attached hydrogens (tertiary/aromatic N) is 2. The fraction of sp³-hybridized carbons (Fsp3) is 0.379. The van der Waals surface area contributed by atoms with Crippen molar-refractivity contribution >= 4 is 17.7 Å². The molecule has 41 heavy (non-hydrogen) atoms. The molecule has 0 aliphatic carbocycles. The van der Waals surface area contributed by atoms with Crippen LogP contribution < -0.4 is 15.4 Å². The number of aliphatic hydroxyl groups is 1. The van der Waals surface area contributed by atoms with E-state index >= 15 is 0 Å². The first kappa shape index (κ1) is 29.7. The molecular formula is C29H32F2N4O6. The molecule has 1 fully saturated rings. The molecular weight excluding hydrogens is 538 g/mol. The first-order valence-corrected chi connectivity index (χ1v) is 13.0. The van der Waals surface area contributed by atoms with E-state index in [1.807, 2.05) is 0 Å². The molecule has 12 heteroatoms. The number of ether oxygens (including phenoxy) is 1. The maximum absolute atomic E-state index is 14.6. The van der Waals surface area contributed by atoms with Gasteiger partial charge in [-0.3, -0.25) is 14.4 Å². The predicted molar refractivity (Wildman–Crippen MR) is 143 cm³/mol. The molecule has 0 bridgehead atoms. The summed E-state index contributed by atoms with van der Waals surface area (Å²) in [6.45, 7) is 2.09. The number of nitrogens with one attached hydrogen (secondary N) is 2. The number of carbonyl (C=O) groups excluding carboxylic acids is 3. The second kappa shape index (κ2) is 12.5. The highest BCUT2D eigenvalue weighted by Gasteiger charge is 2.51. The van der Waals surface area contributed by atoms with Crippen LogP contribution in [0.3, 0.4) is 0 Å². The Kier molecular flexibility index (Phi) is 9.01. The lowest BCUT2D eigenvalue weighted by molar-refractivity contribution is -0.147. The number of amides is 3. The van der Waals surface area contributed by atoms with Gasteiger partial charge in [-0.2, -0.15) is 0 Å². The molecule has 3 amide bonds. The average Bonchev–Trinajstić information content (AvgIpc) is 3.48. The summed E-state index contributed by atoms with van der Waals surface area (Å²) in [6.07, 6.45) is -2.81. The van der Waals surface area contributed by atoms with Crippen LogP contribution in [0.2, 0.25) is 0 Å². The summed E-state index contributed by atoms with van der Waals surface area (Å²) in [7, 11) is 1.50. The van der Waals surface area contributed by atoms with Crippen LogP contribution in [-0.2, 0) is 22.6 Å². The van der Waals surface area contributed by atoms with Crippen LogP contribution >= 0.6 is 0 Å². The summed E-state index contributed by atoms with van der Waals surface area (Å²) in [4.78, 5) is 40.3. The van der Waals surface area contributed by atoms with Gasteiger partial charge in [-0.15, -0.1) is 0 Å². The van der Waals surface area contributed by atoms with Crippen molar-refractivity contribution in [1.29, 1.82) is 0 Å².